The van der Waals surface area contributed by atoms with E-state index in [9.17, 15) is 8.78 Å². The molecule has 3 rings (SSSR count). The van der Waals surface area contributed by atoms with Gasteiger partial charge in [-0.3, -0.25) is 0 Å². The van der Waals surface area contributed by atoms with Crippen LogP contribution in [-0.2, 0) is 11.2 Å². The van der Waals surface area contributed by atoms with Crippen molar-refractivity contribution in [3.63, 3.8) is 0 Å². The second-order valence-electron chi connectivity index (χ2n) is 7.62. The van der Waals surface area contributed by atoms with E-state index in [0.29, 0.717) is 12.8 Å². The lowest BCUT2D eigenvalue weighted by atomic mass is 9.80. The molecule has 4 unspecified atom stereocenters. The van der Waals surface area contributed by atoms with Crippen LogP contribution in [0.3, 0.4) is 0 Å². The molecule has 0 bridgehead atoms. The van der Waals surface area contributed by atoms with Crippen LogP contribution in [0, 0.1) is 0 Å². The lowest BCUT2D eigenvalue weighted by molar-refractivity contribution is -0.0414. The van der Waals surface area contributed by atoms with Crippen LogP contribution in [0.2, 0.25) is 0 Å². The summed E-state index contributed by atoms with van der Waals surface area (Å²) in [6.45, 7) is 2.22. The van der Waals surface area contributed by atoms with E-state index in [1.807, 2.05) is 24.3 Å². The minimum atomic E-state index is -1.55. The van der Waals surface area contributed by atoms with Crippen LogP contribution in [0.5, 0.6) is 0 Å². The van der Waals surface area contributed by atoms with Gasteiger partial charge in [-0.1, -0.05) is 68.3 Å². The summed E-state index contributed by atoms with van der Waals surface area (Å²) in [4.78, 5) is 0. The fourth-order valence-electron chi connectivity index (χ4n) is 4.05. The number of methoxy groups -OCH3 is 1. The molecule has 27 heavy (non-hydrogen) atoms. The monoisotopic (exact) mass is 372 g/mol. The molecule has 0 N–H and O–H groups in total. The minimum Gasteiger partial charge on any atom is -0.378 e. The molecule has 2 aromatic carbocycles. The number of alkyl halides is 2. The summed E-state index contributed by atoms with van der Waals surface area (Å²) in [6, 6.07) is 16.6. The highest BCUT2D eigenvalue weighted by atomic mass is 19.2. The van der Waals surface area contributed by atoms with Crippen LogP contribution in [0.25, 0.3) is 11.1 Å². The van der Waals surface area contributed by atoms with Gasteiger partial charge in [-0.15, -0.1) is 0 Å². The quantitative estimate of drug-likeness (QED) is 0.494. The van der Waals surface area contributed by atoms with Crippen molar-refractivity contribution < 1.29 is 13.5 Å². The Hall–Kier alpha value is -1.74. The Morgan fingerprint density at radius 2 is 1.48 bits per heavy atom. The minimum absolute atomic E-state index is 0.388. The fourth-order valence-corrected chi connectivity index (χ4v) is 4.05. The first-order valence-corrected chi connectivity index (χ1v) is 10.1. The van der Waals surface area contributed by atoms with Crippen LogP contribution >= 0.6 is 0 Å². The van der Waals surface area contributed by atoms with Crippen LogP contribution in [-0.4, -0.2) is 25.6 Å². The van der Waals surface area contributed by atoms with Gasteiger partial charge in [0.1, 0.15) is 6.17 Å². The zero-order chi connectivity index (χ0) is 19.2. The summed E-state index contributed by atoms with van der Waals surface area (Å²) in [6.07, 6.45) is 2.37. The molecule has 0 aromatic heterocycles. The molecular formula is C24H30F2O. The van der Waals surface area contributed by atoms with Crippen LogP contribution in [0.15, 0.2) is 48.5 Å². The summed E-state index contributed by atoms with van der Waals surface area (Å²) >= 11 is 0. The molecule has 0 saturated heterocycles. The average Bonchev–Trinajstić information content (AvgIpc) is 2.71. The molecule has 146 valence electrons. The molecule has 0 heterocycles. The first-order chi connectivity index (χ1) is 13.1. The van der Waals surface area contributed by atoms with Gasteiger partial charge in [0, 0.05) is 13.0 Å². The van der Waals surface area contributed by atoms with Crippen LogP contribution < -0.4 is 0 Å². The molecule has 0 spiro atoms. The molecule has 4 atom stereocenters. The normalized spacial score (nSPS) is 25.5. The number of hydrogen-bond donors (Lipinski definition) is 0. The van der Waals surface area contributed by atoms with Crippen molar-refractivity contribution in [1.82, 2.24) is 0 Å². The molecule has 1 nitrogen and oxygen atoms in total. The number of benzene rings is 2. The largest absolute Gasteiger partial charge is 0.378 e. The van der Waals surface area contributed by atoms with Crippen molar-refractivity contribution in [3.05, 3.63) is 59.7 Å². The van der Waals surface area contributed by atoms with Crippen molar-refractivity contribution in [2.75, 3.05) is 7.11 Å². The Labute approximate surface area is 161 Å². The molecule has 3 heteroatoms. The van der Waals surface area contributed by atoms with Gasteiger partial charge in [0.15, 0.2) is 6.17 Å². The molecule has 2 aromatic rings. The number of halogens is 2. The molecule has 1 saturated carbocycles. The Bertz CT molecular complexity index is 695. The summed E-state index contributed by atoms with van der Waals surface area (Å²) in [5, 5.41) is 0. The maximum absolute atomic E-state index is 14.5. The van der Waals surface area contributed by atoms with Crippen LogP contribution in [0.4, 0.5) is 8.78 Å². The zero-order valence-electron chi connectivity index (χ0n) is 16.3. The molecule has 0 aliphatic heterocycles. The van der Waals surface area contributed by atoms with E-state index in [1.54, 1.807) is 0 Å². The lowest BCUT2D eigenvalue weighted by Gasteiger charge is -2.34. The van der Waals surface area contributed by atoms with E-state index in [0.717, 1.165) is 23.1 Å². The number of unbranched alkanes of at least 4 members (excludes halogenated alkanes) is 2. The molecule has 0 amide bonds. The number of ether oxygens (including phenoxy) is 1. The number of rotatable bonds is 7. The second kappa shape index (κ2) is 9.45. The Balaban J connectivity index is 1.66. The van der Waals surface area contributed by atoms with E-state index in [2.05, 4.69) is 31.2 Å². The van der Waals surface area contributed by atoms with Gasteiger partial charge in [-0.05, 0) is 47.9 Å². The SMILES string of the molecule is CCCCCc1ccc(-c2ccc(C3CCC(OC)C(F)C3F)cc2)cc1. The van der Waals surface area contributed by atoms with Gasteiger partial charge in [0.05, 0.1) is 6.10 Å². The van der Waals surface area contributed by atoms with E-state index < -0.39 is 18.4 Å². The highest BCUT2D eigenvalue weighted by Gasteiger charge is 2.41. The van der Waals surface area contributed by atoms with Crippen molar-refractivity contribution in [1.29, 1.82) is 0 Å². The third-order valence-electron chi connectivity index (χ3n) is 5.80. The van der Waals surface area contributed by atoms with Gasteiger partial charge in [-0.25, -0.2) is 8.78 Å². The maximum Gasteiger partial charge on any atom is 0.158 e. The van der Waals surface area contributed by atoms with Crippen molar-refractivity contribution >= 4 is 0 Å². The van der Waals surface area contributed by atoms with Gasteiger partial charge < -0.3 is 4.74 Å². The fraction of sp³-hybridized carbons (Fsp3) is 0.500. The first-order valence-electron chi connectivity index (χ1n) is 10.1. The van der Waals surface area contributed by atoms with Gasteiger partial charge in [0.25, 0.3) is 0 Å². The molecule has 1 aliphatic rings. The highest BCUT2D eigenvalue weighted by molar-refractivity contribution is 5.64. The smallest absolute Gasteiger partial charge is 0.158 e. The van der Waals surface area contributed by atoms with Crippen LogP contribution in [0.1, 0.15) is 56.1 Å². The summed E-state index contributed by atoms with van der Waals surface area (Å²) < 4.78 is 33.7. The van der Waals surface area contributed by atoms with E-state index in [4.69, 9.17) is 4.74 Å². The predicted octanol–water partition coefficient (Wildman–Crippen LogP) is 6.65. The third kappa shape index (κ3) is 4.76. The highest BCUT2D eigenvalue weighted by Crippen LogP contribution is 2.38. The Morgan fingerprint density at radius 1 is 0.852 bits per heavy atom. The molecular weight excluding hydrogens is 342 g/mol. The number of aryl methyl sites for hydroxylation is 1. The van der Waals surface area contributed by atoms with Gasteiger partial charge in [-0.2, -0.15) is 0 Å². The summed E-state index contributed by atoms with van der Waals surface area (Å²) in [7, 11) is 1.45. The van der Waals surface area contributed by atoms with E-state index in [1.165, 1.54) is 31.9 Å². The first kappa shape index (κ1) is 20.0. The Kier molecular flexibility index (Phi) is 7.01. The Morgan fingerprint density at radius 3 is 2.07 bits per heavy atom. The zero-order valence-corrected chi connectivity index (χ0v) is 16.3. The average molecular weight is 372 g/mol. The molecule has 0 radical (unpaired) electrons. The molecule has 1 fully saturated rings. The van der Waals surface area contributed by atoms with Crippen molar-refractivity contribution in [2.24, 2.45) is 0 Å². The van der Waals surface area contributed by atoms with Gasteiger partial charge >= 0.3 is 0 Å². The topological polar surface area (TPSA) is 9.23 Å². The van der Waals surface area contributed by atoms with E-state index in [-0.39, 0.29) is 5.92 Å². The second-order valence-corrected chi connectivity index (χ2v) is 7.62. The standard InChI is InChI=1S/C24H30F2O/c1-3-4-5-6-17-7-9-18(10-8-17)19-11-13-20(14-12-19)21-15-16-22(27-2)24(26)23(21)25/h7-14,21-24H,3-6,15-16H2,1-2H3. The maximum atomic E-state index is 14.5. The summed E-state index contributed by atoms with van der Waals surface area (Å²) in [5.41, 5.74) is 4.51. The van der Waals surface area contributed by atoms with Crippen molar-refractivity contribution in [2.45, 2.75) is 69.8 Å². The molecule has 1 aliphatic carbocycles. The summed E-state index contributed by atoms with van der Waals surface area (Å²) in [5.74, 6) is -0.388. The lowest BCUT2D eigenvalue weighted by Crippen LogP contribution is -2.41. The van der Waals surface area contributed by atoms with E-state index >= 15 is 0 Å². The predicted molar refractivity (Wildman–Crippen MR) is 108 cm³/mol. The third-order valence-corrected chi connectivity index (χ3v) is 5.80. The van der Waals surface area contributed by atoms with Crippen molar-refractivity contribution in [3.8, 4) is 11.1 Å². The number of hydrogen-bond acceptors (Lipinski definition) is 1. The van der Waals surface area contributed by atoms with Gasteiger partial charge in [0.2, 0.25) is 0 Å².